The Morgan fingerprint density at radius 1 is 1.44 bits per heavy atom. The van der Waals surface area contributed by atoms with Crippen LogP contribution in [0.5, 0.6) is 0 Å². The van der Waals surface area contributed by atoms with E-state index < -0.39 is 0 Å². The van der Waals surface area contributed by atoms with Gasteiger partial charge in [-0.15, -0.1) is 0 Å². The summed E-state index contributed by atoms with van der Waals surface area (Å²) in [6, 6.07) is 2.27. The molecular formula is C15H23N3. The van der Waals surface area contributed by atoms with Gasteiger partial charge in [0.15, 0.2) is 0 Å². The van der Waals surface area contributed by atoms with Crippen molar-refractivity contribution in [1.29, 1.82) is 0 Å². The molecule has 0 amide bonds. The number of nitrogens with zero attached hydrogens (tertiary/aromatic N) is 2. The van der Waals surface area contributed by atoms with Crippen molar-refractivity contribution in [3.05, 3.63) is 29.6 Å². The molecule has 3 rings (SSSR count). The summed E-state index contributed by atoms with van der Waals surface area (Å²) in [6.07, 6.45) is 6.76. The third kappa shape index (κ3) is 2.29. The number of aromatic nitrogens is 1. The molecule has 2 heterocycles. The van der Waals surface area contributed by atoms with E-state index in [1.807, 2.05) is 12.4 Å². The highest BCUT2D eigenvalue weighted by Gasteiger charge is 2.46. The van der Waals surface area contributed by atoms with E-state index in [0.29, 0.717) is 5.54 Å². The summed E-state index contributed by atoms with van der Waals surface area (Å²) in [7, 11) is 0. The van der Waals surface area contributed by atoms with Gasteiger partial charge in [0.05, 0.1) is 0 Å². The second-order valence-corrected chi connectivity index (χ2v) is 6.10. The van der Waals surface area contributed by atoms with Gasteiger partial charge in [-0.3, -0.25) is 9.88 Å². The summed E-state index contributed by atoms with van der Waals surface area (Å²) in [6.45, 7) is 9.00. The first-order valence-corrected chi connectivity index (χ1v) is 7.05. The van der Waals surface area contributed by atoms with Crippen molar-refractivity contribution in [2.75, 3.05) is 19.6 Å². The van der Waals surface area contributed by atoms with E-state index in [9.17, 15) is 0 Å². The summed E-state index contributed by atoms with van der Waals surface area (Å²) in [5.74, 6) is 0.892. The molecule has 1 saturated heterocycles. The minimum atomic E-state index is 0.349. The second-order valence-electron chi connectivity index (χ2n) is 6.10. The second kappa shape index (κ2) is 4.63. The van der Waals surface area contributed by atoms with Crippen LogP contribution >= 0.6 is 0 Å². The van der Waals surface area contributed by atoms with E-state index in [1.54, 1.807) is 0 Å². The standard InChI is InChI=1S/C15H23N3/c1-12-7-13(9-17-8-12)10-18-6-5-16-11-15(18,2)14-3-4-14/h7-9,14,16H,3-6,10-11H2,1-2H3. The quantitative estimate of drug-likeness (QED) is 0.882. The number of hydrogen-bond donors (Lipinski definition) is 1. The maximum absolute atomic E-state index is 4.32. The Hall–Kier alpha value is -0.930. The Morgan fingerprint density at radius 2 is 2.28 bits per heavy atom. The van der Waals surface area contributed by atoms with Crippen molar-refractivity contribution >= 4 is 0 Å². The number of pyridine rings is 1. The van der Waals surface area contributed by atoms with Gasteiger partial charge in [0.2, 0.25) is 0 Å². The Morgan fingerprint density at radius 3 is 3.00 bits per heavy atom. The van der Waals surface area contributed by atoms with Crippen LogP contribution in [0, 0.1) is 12.8 Å². The number of hydrogen-bond acceptors (Lipinski definition) is 3. The third-order valence-corrected chi connectivity index (χ3v) is 4.53. The molecule has 1 aliphatic heterocycles. The van der Waals surface area contributed by atoms with Gasteiger partial charge in [0, 0.05) is 44.1 Å². The fourth-order valence-corrected chi connectivity index (χ4v) is 3.21. The van der Waals surface area contributed by atoms with E-state index >= 15 is 0 Å². The van der Waals surface area contributed by atoms with Crippen molar-refractivity contribution < 1.29 is 0 Å². The van der Waals surface area contributed by atoms with Crippen molar-refractivity contribution in [3.8, 4) is 0 Å². The summed E-state index contributed by atoms with van der Waals surface area (Å²) >= 11 is 0. The van der Waals surface area contributed by atoms with Crippen LogP contribution in [-0.2, 0) is 6.54 Å². The van der Waals surface area contributed by atoms with Crippen LogP contribution < -0.4 is 5.32 Å². The van der Waals surface area contributed by atoms with Crippen molar-refractivity contribution in [3.63, 3.8) is 0 Å². The lowest BCUT2D eigenvalue weighted by Crippen LogP contribution is -2.60. The van der Waals surface area contributed by atoms with Gasteiger partial charge in [-0.05, 0) is 43.7 Å². The minimum Gasteiger partial charge on any atom is -0.314 e. The first kappa shape index (κ1) is 12.1. The van der Waals surface area contributed by atoms with Crippen LogP contribution in [0.15, 0.2) is 18.5 Å². The maximum atomic E-state index is 4.32. The van der Waals surface area contributed by atoms with Gasteiger partial charge in [0.25, 0.3) is 0 Å². The molecule has 2 fully saturated rings. The molecule has 18 heavy (non-hydrogen) atoms. The van der Waals surface area contributed by atoms with Crippen LogP contribution in [0.1, 0.15) is 30.9 Å². The molecule has 1 saturated carbocycles. The summed E-state index contributed by atoms with van der Waals surface area (Å²) in [5, 5.41) is 3.57. The molecule has 0 aromatic carbocycles. The minimum absolute atomic E-state index is 0.349. The van der Waals surface area contributed by atoms with Crippen LogP contribution in [0.2, 0.25) is 0 Å². The Labute approximate surface area is 110 Å². The molecule has 0 bridgehead atoms. The van der Waals surface area contributed by atoms with Crippen molar-refractivity contribution in [2.24, 2.45) is 5.92 Å². The lowest BCUT2D eigenvalue weighted by molar-refractivity contribution is 0.0483. The lowest BCUT2D eigenvalue weighted by atomic mass is 9.90. The zero-order valence-corrected chi connectivity index (χ0v) is 11.4. The Kier molecular flexibility index (Phi) is 3.12. The molecular weight excluding hydrogens is 222 g/mol. The molecule has 1 N–H and O–H groups in total. The number of piperazine rings is 1. The predicted octanol–water partition coefficient (Wildman–Crippen LogP) is 1.96. The number of nitrogens with one attached hydrogen (secondary N) is 1. The van der Waals surface area contributed by atoms with Crippen LogP contribution in [0.3, 0.4) is 0 Å². The predicted molar refractivity (Wildman–Crippen MR) is 73.4 cm³/mol. The van der Waals surface area contributed by atoms with Crippen LogP contribution in [0.25, 0.3) is 0 Å². The molecule has 1 atom stereocenters. The summed E-state index contributed by atoms with van der Waals surface area (Å²) in [4.78, 5) is 6.98. The Bertz CT molecular complexity index is 428. The SMILES string of the molecule is Cc1cncc(CN2CCNCC2(C)C2CC2)c1. The molecule has 1 aromatic rings. The van der Waals surface area contributed by atoms with Crippen LogP contribution in [0.4, 0.5) is 0 Å². The third-order valence-electron chi connectivity index (χ3n) is 4.53. The monoisotopic (exact) mass is 245 g/mol. The van der Waals surface area contributed by atoms with Gasteiger partial charge in [0.1, 0.15) is 0 Å². The largest absolute Gasteiger partial charge is 0.314 e. The highest BCUT2D eigenvalue weighted by molar-refractivity contribution is 5.17. The van der Waals surface area contributed by atoms with Gasteiger partial charge < -0.3 is 5.32 Å². The van der Waals surface area contributed by atoms with Crippen molar-refractivity contribution in [1.82, 2.24) is 15.2 Å². The summed E-state index contributed by atoms with van der Waals surface area (Å²) in [5.41, 5.74) is 2.96. The first-order chi connectivity index (χ1) is 8.68. The summed E-state index contributed by atoms with van der Waals surface area (Å²) < 4.78 is 0. The number of rotatable bonds is 3. The lowest BCUT2D eigenvalue weighted by Gasteiger charge is -2.46. The van der Waals surface area contributed by atoms with Gasteiger partial charge >= 0.3 is 0 Å². The fraction of sp³-hybridized carbons (Fsp3) is 0.667. The first-order valence-electron chi connectivity index (χ1n) is 7.05. The zero-order chi connectivity index (χ0) is 12.6. The average Bonchev–Trinajstić information content (AvgIpc) is 3.17. The van der Waals surface area contributed by atoms with E-state index in [1.165, 1.54) is 24.0 Å². The van der Waals surface area contributed by atoms with Gasteiger partial charge in [-0.2, -0.15) is 0 Å². The molecule has 1 unspecified atom stereocenters. The number of aryl methyl sites for hydroxylation is 1. The van der Waals surface area contributed by atoms with Gasteiger partial charge in [-0.25, -0.2) is 0 Å². The molecule has 0 spiro atoms. The highest BCUT2D eigenvalue weighted by atomic mass is 15.3. The highest BCUT2D eigenvalue weighted by Crippen LogP contribution is 2.43. The maximum Gasteiger partial charge on any atom is 0.0337 e. The smallest absolute Gasteiger partial charge is 0.0337 e. The topological polar surface area (TPSA) is 28.2 Å². The molecule has 0 radical (unpaired) electrons. The molecule has 98 valence electrons. The van der Waals surface area contributed by atoms with E-state index in [0.717, 1.165) is 32.1 Å². The molecule has 2 aliphatic rings. The Balaban J connectivity index is 1.77. The van der Waals surface area contributed by atoms with Gasteiger partial charge in [-0.1, -0.05) is 6.07 Å². The van der Waals surface area contributed by atoms with E-state index in [-0.39, 0.29) is 0 Å². The van der Waals surface area contributed by atoms with E-state index in [4.69, 9.17) is 0 Å². The van der Waals surface area contributed by atoms with Crippen molar-refractivity contribution in [2.45, 2.75) is 38.8 Å². The molecule has 1 aliphatic carbocycles. The normalized spacial score (nSPS) is 29.4. The molecule has 1 aromatic heterocycles. The average molecular weight is 245 g/mol. The van der Waals surface area contributed by atoms with E-state index in [2.05, 4.69) is 35.1 Å². The fourth-order valence-electron chi connectivity index (χ4n) is 3.21. The van der Waals surface area contributed by atoms with Crippen LogP contribution in [-0.4, -0.2) is 35.1 Å². The molecule has 3 nitrogen and oxygen atoms in total. The molecule has 3 heteroatoms. The zero-order valence-electron chi connectivity index (χ0n) is 11.4.